The minimum atomic E-state index is -0.257. The van der Waals surface area contributed by atoms with Crippen LogP contribution in [0.1, 0.15) is 18.4 Å². The zero-order valence-electron chi connectivity index (χ0n) is 13.7. The van der Waals surface area contributed by atoms with E-state index in [0.717, 1.165) is 36.0 Å². The Kier molecular flexibility index (Phi) is 10.8. The lowest BCUT2D eigenvalue weighted by Gasteiger charge is -2.13. The van der Waals surface area contributed by atoms with Gasteiger partial charge in [0.05, 0.1) is 12.7 Å². The molecular weight excluding hydrogens is 492 g/mol. The van der Waals surface area contributed by atoms with Crippen LogP contribution >= 0.6 is 39.9 Å². The van der Waals surface area contributed by atoms with Gasteiger partial charge in [0.2, 0.25) is 0 Å². The summed E-state index contributed by atoms with van der Waals surface area (Å²) in [5, 5.41) is 6.38. The Hall–Kier alpha value is -0.450. The van der Waals surface area contributed by atoms with E-state index < -0.39 is 0 Å². The third kappa shape index (κ3) is 8.09. The molecule has 0 aromatic heterocycles. The molecule has 1 fully saturated rings. The van der Waals surface area contributed by atoms with E-state index in [1.54, 1.807) is 7.05 Å². The van der Waals surface area contributed by atoms with Gasteiger partial charge in [-0.1, -0.05) is 15.9 Å². The van der Waals surface area contributed by atoms with Crippen LogP contribution < -0.4 is 10.6 Å². The zero-order valence-corrected chi connectivity index (χ0v) is 17.6. The second kappa shape index (κ2) is 12.0. The first kappa shape index (κ1) is 21.6. The van der Waals surface area contributed by atoms with Crippen molar-refractivity contribution in [2.45, 2.75) is 25.5 Å². The minimum absolute atomic E-state index is 0. The highest BCUT2D eigenvalue weighted by Gasteiger charge is 2.15. The Morgan fingerprint density at radius 2 is 2.25 bits per heavy atom. The fraction of sp³-hybridized carbons (Fsp3) is 0.562. The normalized spacial score (nSPS) is 17.5. The van der Waals surface area contributed by atoms with Crippen molar-refractivity contribution < 1.29 is 13.9 Å². The van der Waals surface area contributed by atoms with Gasteiger partial charge < -0.3 is 20.1 Å². The first-order chi connectivity index (χ1) is 11.2. The number of hydrogen-bond donors (Lipinski definition) is 2. The quantitative estimate of drug-likeness (QED) is 0.253. The number of rotatable bonds is 7. The Morgan fingerprint density at radius 3 is 2.92 bits per heavy atom. The monoisotopic (exact) mass is 515 g/mol. The van der Waals surface area contributed by atoms with Crippen LogP contribution in [0.25, 0.3) is 0 Å². The van der Waals surface area contributed by atoms with Crippen LogP contribution in [0, 0.1) is 5.82 Å². The first-order valence-electron chi connectivity index (χ1n) is 7.76. The molecule has 8 heteroatoms. The maximum absolute atomic E-state index is 13.3. The molecule has 1 unspecified atom stereocenters. The van der Waals surface area contributed by atoms with Crippen molar-refractivity contribution in [3.8, 4) is 0 Å². The standard InChI is InChI=1S/C16H23BrFN3O2.HI/c1-19-16(20-4-2-5-23-15-3-6-22-11-15)21-10-12-7-13(17)9-14(18)8-12;/h7-9,15H,2-6,10-11H2,1H3,(H2,19,20,21);1H. The minimum Gasteiger partial charge on any atom is -0.379 e. The van der Waals surface area contributed by atoms with Crippen LogP contribution in [0.4, 0.5) is 4.39 Å². The predicted octanol–water partition coefficient (Wildman–Crippen LogP) is 3.07. The number of benzene rings is 1. The van der Waals surface area contributed by atoms with Crippen LogP contribution in [-0.2, 0) is 16.0 Å². The molecule has 1 aromatic rings. The molecule has 1 atom stereocenters. The second-order valence-corrected chi connectivity index (χ2v) is 6.26. The molecule has 2 rings (SSSR count). The molecule has 1 saturated heterocycles. The Morgan fingerprint density at radius 1 is 1.42 bits per heavy atom. The van der Waals surface area contributed by atoms with E-state index in [9.17, 15) is 4.39 Å². The summed E-state index contributed by atoms with van der Waals surface area (Å²) in [7, 11) is 1.71. The predicted molar refractivity (Wildman–Crippen MR) is 108 cm³/mol. The number of guanidine groups is 1. The highest BCUT2D eigenvalue weighted by molar-refractivity contribution is 14.0. The third-order valence-electron chi connectivity index (χ3n) is 3.46. The van der Waals surface area contributed by atoms with Crippen molar-refractivity contribution in [3.63, 3.8) is 0 Å². The zero-order chi connectivity index (χ0) is 16.5. The van der Waals surface area contributed by atoms with Crippen molar-refractivity contribution >= 4 is 45.9 Å². The molecule has 2 N–H and O–H groups in total. The summed E-state index contributed by atoms with van der Waals surface area (Å²) in [4.78, 5) is 4.15. The van der Waals surface area contributed by atoms with Gasteiger partial charge in [-0.3, -0.25) is 4.99 Å². The fourth-order valence-electron chi connectivity index (χ4n) is 2.29. The van der Waals surface area contributed by atoms with Gasteiger partial charge in [-0.15, -0.1) is 24.0 Å². The number of nitrogens with one attached hydrogen (secondary N) is 2. The van der Waals surface area contributed by atoms with Crippen molar-refractivity contribution in [2.24, 2.45) is 4.99 Å². The average molecular weight is 516 g/mol. The number of halogens is 3. The number of nitrogens with zero attached hydrogens (tertiary/aromatic N) is 1. The van der Waals surface area contributed by atoms with Gasteiger partial charge in [0.25, 0.3) is 0 Å². The smallest absolute Gasteiger partial charge is 0.191 e. The number of ether oxygens (including phenoxy) is 2. The van der Waals surface area contributed by atoms with Crippen molar-refractivity contribution in [2.75, 3.05) is 33.4 Å². The van der Waals surface area contributed by atoms with Crippen LogP contribution in [0.15, 0.2) is 27.7 Å². The van der Waals surface area contributed by atoms with E-state index in [2.05, 4.69) is 31.6 Å². The largest absolute Gasteiger partial charge is 0.379 e. The molecule has 0 amide bonds. The highest BCUT2D eigenvalue weighted by Crippen LogP contribution is 2.14. The molecule has 1 aliphatic heterocycles. The number of hydrogen-bond acceptors (Lipinski definition) is 3. The molecule has 24 heavy (non-hydrogen) atoms. The van der Waals surface area contributed by atoms with Crippen molar-refractivity contribution in [1.29, 1.82) is 0 Å². The summed E-state index contributed by atoms with van der Waals surface area (Å²) in [6.07, 6.45) is 2.13. The van der Waals surface area contributed by atoms with E-state index >= 15 is 0 Å². The Bertz CT molecular complexity index is 508. The summed E-state index contributed by atoms with van der Waals surface area (Å²) in [6, 6.07) is 4.81. The summed E-state index contributed by atoms with van der Waals surface area (Å²) < 4.78 is 25.0. The maximum Gasteiger partial charge on any atom is 0.191 e. The molecule has 0 bridgehead atoms. The molecular formula is C16H24BrFIN3O2. The fourth-order valence-corrected chi connectivity index (χ4v) is 2.81. The molecule has 0 radical (unpaired) electrons. The highest BCUT2D eigenvalue weighted by atomic mass is 127. The van der Waals surface area contributed by atoms with E-state index in [0.29, 0.717) is 25.7 Å². The van der Waals surface area contributed by atoms with Crippen LogP contribution in [0.3, 0.4) is 0 Å². The van der Waals surface area contributed by atoms with Crippen molar-refractivity contribution in [3.05, 3.63) is 34.1 Å². The molecule has 1 aliphatic rings. The summed E-state index contributed by atoms with van der Waals surface area (Å²) in [5.74, 6) is 0.432. The van der Waals surface area contributed by atoms with E-state index in [4.69, 9.17) is 9.47 Å². The van der Waals surface area contributed by atoms with E-state index in [-0.39, 0.29) is 35.9 Å². The van der Waals surface area contributed by atoms with Gasteiger partial charge in [0, 0.05) is 37.8 Å². The van der Waals surface area contributed by atoms with E-state index in [1.807, 2.05) is 6.07 Å². The molecule has 136 valence electrons. The van der Waals surface area contributed by atoms with Crippen LogP contribution in [0.5, 0.6) is 0 Å². The van der Waals surface area contributed by atoms with Crippen LogP contribution in [-0.4, -0.2) is 45.5 Å². The molecule has 1 aromatic carbocycles. The van der Waals surface area contributed by atoms with Gasteiger partial charge >= 0.3 is 0 Å². The molecule has 5 nitrogen and oxygen atoms in total. The van der Waals surface area contributed by atoms with Gasteiger partial charge in [0.1, 0.15) is 5.82 Å². The van der Waals surface area contributed by atoms with Gasteiger partial charge in [-0.2, -0.15) is 0 Å². The second-order valence-electron chi connectivity index (χ2n) is 5.34. The Balaban J connectivity index is 0.00000288. The molecule has 0 aliphatic carbocycles. The summed E-state index contributed by atoms with van der Waals surface area (Å²) in [6.45, 7) is 3.48. The van der Waals surface area contributed by atoms with Gasteiger partial charge in [-0.05, 0) is 36.6 Å². The lowest BCUT2D eigenvalue weighted by Crippen LogP contribution is -2.37. The van der Waals surface area contributed by atoms with Crippen molar-refractivity contribution in [1.82, 2.24) is 10.6 Å². The lowest BCUT2D eigenvalue weighted by molar-refractivity contribution is 0.0420. The Labute approximate surface area is 167 Å². The lowest BCUT2D eigenvalue weighted by atomic mass is 10.2. The van der Waals surface area contributed by atoms with E-state index in [1.165, 1.54) is 12.1 Å². The van der Waals surface area contributed by atoms with Crippen LogP contribution in [0.2, 0.25) is 0 Å². The molecule has 1 heterocycles. The van der Waals surface area contributed by atoms with Gasteiger partial charge in [-0.25, -0.2) is 4.39 Å². The van der Waals surface area contributed by atoms with Gasteiger partial charge in [0.15, 0.2) is 5.96 Å². The third-order valence-corrected chi connectivity index (χ3v) is 3.92. The first-order valence-corrected chi connectivity index (χ1v) is 8.55. The number of aliphatic imine (C=N–C) groups is 1. The SMILES string of the molecule is CN=C(NCCCOC1CCOC1)NCc1cc(F)cc(Br)c1.I. The average Bonchev–Trinajstić information content (AvgIpc) is 3.02. The molecule has 0 spiro atoms. The summed E-state index contributed by atoms with van der Waals surface area (Å²) >= 11 is 3.29. The topological polar surface area (TPSA) is 54.9 Å². The maximum atomic E-state index is 13.3. The summed E-state index contributed by atoms with van der Waals surface area (Å²) in [5.41, 5.74) is 0.851. The molecule has 0 saturated carbocycles.